The van der Waals surface area contributed by atoms with Crippen LogP contribution in [0.1, 0.15) is 55.0 Å². The fraction of sp³-hybridized carbons (Fsp3) is 0.417. The van der Waals surface area contributed by atoms with Crippen LogP contribution >= 0.6 is 11.3 Å². The predicted molar refractivity (Wildman–Crippen MR) is 120 cm³/mol. The van der Waals surface area contributed by atoms with Crippen molar-refractivity contribution >= 4 is 27.5 Å². The SMILES string of the molecule is Cc1cc2nc(C)c([C@H](OC(C)(C)C)C(=O)O)c(-c3cc4c(cc3F)OCCC4)c2s1. The Hall–Kier alpha value is -2.51. The van der Waals surface area contributed by atoms with Gasteiger partial charge in [0, 0.05) is 33.3 Å². The maximum absolute atomic E-state index is 15.4. The lowest BCUT2D eigenvalue weighted by molar-refractivity contribution is -0.160. The summed E-state index contributed by atoms with van der Waals surface area (Å²) >= 11 is 1.48. The van der Waals surface area contributed by atoms with Crippen molar-refractivity contribution in [1.29, 1.82) is 0 Å². The normalized spacial score (nSPS) is 14.9. The van der Waals surface area contributed by atoms with Crippen LogP contribution in [0.25, 0.3) is 21.3 Å². The smallest absolute Gasteiger partial charge is 0.337 e. The number of halogens is 1. The number of rotatable bonds is 4. The summed E-state index contributed by atoms with van der Waals surface area (Å²) in [4.78, 5) is 18.0. The van der Waals surface area contributed by atoms with Gasteiger partial charge in [-0.1, -0.05) is 0 Å². The number of carboxylic acid groups (broad SMARTS) is 1. The van der Waals surface area contributed by atoms with Crippen LogP contribution in [0, 0.1) is 19.7 Å². The largest absolute Gasteiger partial charge is 0.493 e. The van der Waals surface area contributed by atoms with Gasteiger partial charge in [-0.3, -0.25) is 4.98 Å². The first kappa shape index (κ1) is 21.7. The zero-order valence-corrected chi connectivity index (χ0v) is 19.2. The molecule has 31 heavy (non-hydrogen) atoms. The van der Waals surface area contributed by atoms with Crippen LogP contribution in [-0.4, -0.2) is 28.3 Å². The Kier molecular flexibility index (Phi) is 5.52. The molecule has 3 aromatic rings. The zero-order chi connectivity index (χ0) is 22.5. The van der Waals surface area contributed by atoms with Crippen LogP contribution in [0.15, 0.2) is 18.2 Å². The standard InChI is InChI=1S/C24H26FNO4S/c1-12-9-17-22(31-12)20(15-10-14-7-6-8-29-18(14)11-16(15)25)19(13(2)26-17)21(23(27)28)30-24(3,4)5/h9-11,21H,6-8H2,1-5H3,(H,27,28)/t21-/m0/s1. The van der Waals surface area contributed by atoms with Gasteiger partial charge in [-0.05, 0) is 65.2 Å². The van der Waals surface area contributed by atoms with Gasteiger partial charge in [0.25, 0.3) is 0 Å². The second-order valence-electron chi connectivity index (χ2n) is 8.90. The highest BCUT2D eigenvalue weighted by Crippen LogP contribution is 2.44. The quantitative estimate of drug-likeness (QED) is 0.537. The van der Waals surface area contributed by atoms with Crippen LogP contribution < -0.4 is 4.74 Å². The number of aryl methyl sites for hydroxylation is 3. The Morgan fingerprint density at radius 3 is 2.71 bits per heavy atom. The van der Waals surface area contributed by atoms with Crippen molar-refractivity contribution in [2.24, 2.45) is 0 Å². The molecule has 1 atom stereocenters. The van der Waals surface area contributed by atoms with Crippen LogP contribution in [0.5, 0.6) is 5.75 Å². The molecule has 0 radical (unpaired) electrons. The Balaban J connectivity index is 2.06. The topological polar surface area (TPSA) is 68.7 Å². The molecule has 0 bridgehead atoms. The maximum atomic E-state index is 15.4. The number of hydrogen-bond acceptors (Lipinski definition) is 5. The second kappa shape index (κ2) is 7.88. The monoisotopic (exact) mass is 443 g/mol. The second-order valence-corrected chi connectivity index (χ2v) is 10.2. The van der Waals surface area contributed by atoms with Gasteiger partial charge in [-0.15, -0.1) is 11.3 Å². The summed E-state index contributed by atoms with van der Waals surface area (Å²) in [5, 5.41) is 10.1. The first-order valence-electron chi connectivity index (χ1n) is 10.3. The number of ether oxygens (including phenoxy) is 2. The van der Waals surface area contributed by atoms with Crippen molar-refractivity contribution in [3.63, 3.8) is 0 Å². The van der Waals surface area contributed by atoms with E-state index in [0.29, 0.717) is 34.7 Å². The fourth-order valence-electron chi connectivity index (χ4n) is 4.05. The van der Waals surface area contributed by atoms with Gasteiger partial charge < -0.3 is 14.6 Å². The summed E-state index contributed by atoms with van der Waals surface area (Å²) in [6.45, 7) is 9.69. The molecule has 7 heteroatoms. The Morgan fingerprint density at radius 1 is 1.29 bits per heavy atom. The summed E-state index contributed by atoms with van der Waals surface area (Å²) in [6, 6.07) is 5.16. The van der Waals surface area contributed by atoms with E-state index in [0.717, 1.165) is 33.5 Å². The molecule has 2 aromatic heterocycles. The van der Waals surface area contributed by atoms with Gasteiger partial charge in [0.2, 0.25) is 0 Å². The minimum absolute atomic E-state index is 0.361. The van der Waals surface area contributed by atoms with Crippen molar-refractivity contribution in [2.45, 2.75) is 59.2 Å². The van der Waals surface area contributed by atoms with Gasteiger partial charge in [-0.2, -0.15) is 0 Å². The minimum Gasteiger partial charge on any atom is -0.493 e. The van der Waals surface area contributed by atoms with Crippen molar-refractivity contribution in [3.05, 3.63) is 45.7 Å². The summed E-state index contributed by atoms with van der Waals surface area (Å²) in [5.41, 5.74) is 2.76. The van der Waals surface area contributed by atoms with E-state index in [1.54, 1.807) is 33.8 Å². The Bertz CT molecular complexity index is 1180. The first-order chi connectivity index (χ1) is 14.5. The van der Waals surface area contributed by atoms with Gasteiger partial charge in [-0.25, -0.2) is 9.18 Å². The van der Waals surface area contributed by atoms with Crippen LogP contribution in [0.2, 0.25) is 0 Å². The molecule has 0 amide bonds. The molecule has 0 fully saturated rings. The molecule has 0 saturated carbocycles. The average molecular weight is 444 g/mol. The lowest BCUT2D eigenvalue weighted by Gasteiger charge is -2.28. The van der Waals surface area contributed by atoms with E-state index < -0.39 is 23.5 Å². The molecule has 1 aliphatic heterocycles. The number of carbonyl (C=O) groups is 1. The predicted octanol–water partition coefficient (Wildman–Crippen LogP) is 5.99. The van der Waals surface area contributed by atoms with Gasteiger partial charge in [0.05, 0.1) is 22.4 Å². The molecule has 0 saturated heterocycles. The number of pyridine rings is 1. The lowest BCUT2D eigenvalue weighted by Crippen LogP contribution is -2.28. The molecule has 4 rings (SSSR count). The zero-order valence-electron chi connectivity index (χ0n) is 18.3. The third-order valence-corrected chi connectivity index (χ3v) is 6.29. The highest BCUT2D eigenvalue weighted by Gasteiger charge is 2.33. The summed E-state index contributed by atoms with van der Waals surface area (Å²) < 4.78 is 27.8. The number of aromatic nitrogens is 1. The molecule has 0 aliphatic carbocycles. The molecule has 1 aliphatic rings. The van der Waals surface area contributed by atoms with Gasteiger partial charge in [0.15, 0.2) is 6.10 Å². The molecule has 1 aromatic carbocycles. The number of aliphatic carboxylic acids is 1. The van der Waals surface area contributed by atoms with E-state index in [1.807, 2.05) is 13.0 Å². The first-order valence-corrected chi connectivity index (χ1v) is 11.1. The maximum Gasteiger partial charge on any atom is 0.337 e. The summed E-state index contributed by atoms with van der Waals surface area (Å²) in [7, 11) is 0. The molecule has 5 nitrogen and oxygen atoms in total. The van der Waals surface area contributed by atoms with E-state index in [2.05, 4.69) is 4.98 Å². The Morgan fingerprint density at radius 2 is 2.03 bits per heavy atom. The number of thiophene rings is 1. The van der Waals surface area contributed by atoms with E-state index in [9.17, 15) is 9.90 Å². The van der Waals surface area contributed by atoms with Crippen LogP contribution in [-0.2, 0) is 16.0 Å². The third kappa shape index (κ3) is 4.16. The highest BCUT2D eigenvalue weighted by atomic mass is 32.1. The number of nitrogens with zero attached hydrogens (tertiary/aromatic N) is 1. The fourth-order valence-corrected chi connectivity index (χ4v) is 5.07. The molecule has 0 spiro atoms. The number of benzene rings is 1. The van der Waals surface area contributed by atoms with Crippen molar-refractivity contribution in [3.8, 4) is 16.9 Å². The van der Waals surface area contributed by atoms with E-state index in [4.69, 9.17) is 9.47 Å². The third-order valence-electron chi connectivity index (χ3n) is 5.24. The molecule has 0 unspecified atom stereocenters. The lowest BCUT2D eigenvalue weighted by atomic mass is 9.91. The molecule has 1 N–H and O–H groups in total. The minimum atomic E-state index is -1.28. The molecule has 164 valence electrons. The molecule has 3 heterocycles. The van der Waals surface area contributed by atoms with E-state index in [1.165, 1.54) is 17.4 Å². The van der Waals surface area contributed by atoms with Crippen molar-refractivity contribution in [1.82, 2.24) is 4.98 Å². The van der Waals surface area contributed by atoms with Crippen molar-refractivity contribution < 1.29 is 23.8 Å². The summed E-state index contributed by atoms with van der Waals surface area (Å²) in [5.74, 6) is -1.02. The number of carboxylic acids is 1. The summed E-state index contributed by atoms with van der Waals surface area (Å²) in [6.07, 6.45) is 0.370. The molecular formula is C24H26FNO4S. The van der Waals surface area contributed by atoms with Crippen LogP contribution in [0.4, 0.5) is 4.39 Å². The van der Waals surface area contributed by atoms with Crippen molar-refractivity contribution in [2.75, 3.05) is 6.61 Å². The average Bonchev–Trinajstić information content (AvgIpc) is 3.03. The number of fused-ring (bicyclic) bond motifs is 2. The van der Waals surface area contributed by atoms with E-state index in [-0.39, 0.29) is 0 Å². The van der Waals surface area contributed by atoms with E-state index >= 15 is 4.39 Å². The highest BCUT2D eigenvalue weighted by molar-refractivity contribution is 7.19. The Labute approximate surface area is 184 Å². The number of hydrogen-bond donors (Lipinski definition) is 1. The van der Waals surface area contributed by atoms with Crippen LogP contribution in [0.3, 0.4) is 0 Å². The molecular weight excluding hydrogens is 417 g/mol. The van der Waals surface area contributed by atoms with Gasteiger partial charge >= 0.3 is 5.97 Å². The van der Waals surface area contributed by atoms with Gasteiger partial charge in [0.1, 0.15) is 11.6 Å².